The molecule has 3 aromatic rings. The fourth-order valence-electron chi connectivity index (χ4n) is 6.65. The number of ether oxygens (including phenoxy) is 1. The van der Waals surface area contributed by atoms with Crippen molar-refractivity contribution < 1.29 is 19.1 Å². The topological polar surface area (TPSA) is 128 Å². The number of likely N-dealkylation sites (tertiary alicyclic amines) is 1. The Kier molecular flexibility index (Phi) is 10.0. The Morgan fingerprint density at radius 3 is 2.58 bits per heavy atom. The summed E-state index contributed by atoms with van der Waals surface area (Å²) in [6.45, 7) is 5.38. The van der Waals surface area contributed by atoms with E-state index in [2.05, 4.69) is 11.8 Å². The summed E-state index contributed by atoms with van der Waals surface area (Å²) >= 11 is 0. The van der Waals surface area contributed by atoms with Gasteiger partial charge in [-0.2, -0.15) is 0 Å². The molecule has 1 saturated heterocycles. The van der Waals surface area contributed by atoms with Gasteiger partial charge in [-0.3, -0.25) is 19.3 Å². The number of hydrogen-bond donors (Lipinski definition) is 2. The zero-order chi connectivity index (χ0) is 30.3. The van der Waals surface area contributed by atoms with Gasteiger partial charge in [-0.15, -0.1) is 0 Å². The number of nitrogens with zero attached hydrogens (tertiary/aromatic N) is 2. The van der Waals surface area contributed by atoms with Crippen LogP contribution in [0, 0.1) is 5.92 Å². The highest BCUT2D eigenvalue weighted by atomic mass is 16.5. The zero-order valence-electron chi connectivity index (χ0n) is 25.0. The highest BCUT2D eigenvalue weighted by Gasteiger charge is 2.35. The number of rotatable bonds is 14. The smallest absolute Gasteiger partial charge is 0.250 e. The van der Waals surface area contributed by atoms with Crippen LogP contribution in [0.4, 0.5) is 0 Å². The Morgan fingerprint density at radius 2 is 1.81 bits per heavy atom. The molecular formula is C34H43N3O6. The molecule has 5 rings (SSSR count). The second-order valence-electron chi connectivity index (χ2n) is 12.1. The van der Waals surface area contributed by atoms with Crippen molar-refractivity contribution in [3.05, 3.63) is 91.9 Å². The molecule has 43 heavy (non-hydrogen) atoms. The number of pyridine rings is 1. The van der Waals surface area contributed by atoms with E-state index in [0.717, 1.165) is 38.0 Å². The SMILES string of the molecule is CCCCCCCCOc1ccc([C@H](CC(N)=O)c2oc(CN3C[C@H]4C[C@@H](C3)c3cccc(=O)n3C4)cc(=O)c2O)cc1. The molecule has 0 aliphatic carbocycles. The monoisotopic (exact) mass is 589 g/mol. The van der Waals surface area contributed by atoms with Crippen molar-refractivity contribution in [1.82, 2.24) is 9.47 Å². The molecule has 9 heteroatoms. The van der Waals surface area contributed by atoms with E-state index in [1.54, 1.807) is 6.07 Å². The number of hydrogen-bond acceptors (Lipinski definition) is 7. The molecule has 0 spiro atoms. The summed E-state index contributed by atoms with van der Waals surface area (Å²) in [5.74, 6) is -0.104. The van der Waals surface area contributed by atoms with Crippen LogP contribution in [0.15, 0.2) is 62.5 Å². The van der Waals surface area contributed by atoms with Crippen LogP contribution in [-0.4, -0.2) is 40.2 Å². The molecule has 1 fully saturated rings. The maximum absolute atomic E-state index is 12.9. The molecule has 9 nitrogen and oxygen atoms in total. The van der Waals surface area contributed by atoms with Gasteiger partial charge in [-0.25, -0.2) is 0 Å². The van der Waals surface area contributed by atoms with E-state index in [-0.39, 0.29) is 23.7 Å². The normalized spacial score (nSPS) is 18.6. The van der Waals surface area contributed by atoms with Gasteiger partial charge < -0.3 is 24.6 Å². The first-order valence-electron chi connectivity index (χ1n) is 15.6. The molecule has 0 saturated carbocycles. The van der Waals surface area contributed by atoms with E-state index in [0.29, 0.717) is 42.7 Å². The van der Waals surface area contributed by atoms with Crippen molar-refractivity contribution in [2.24, 2.45) is 11.7 Å². The second kappa shape index (κ2) is 14.1. The van der Waals surface area contributed by atoms with E-state index >= 15 is 0 Å². The predicted octanol–water partition coefficient (Wildman–Crippen LogP) is 4.87. The molecule has 2 bridgehead atoms. The van der Waals surface area contributed by atoms with E-state index in [9.17, 15) is 19.5 Å². The molecule has 4 heterocycles. The van der Waals surface area contributed by atoms with Crippen molar-refractivity contribution in [3.63, 3.8) is 0 Å². The third-order valence-corrected chi connectivity index (χ3v) is 8.71. The van der Waals surface area contributed by atoms with Crippen LogP contribution >= 0.6 is 0 Å². The van der Waals surface area contributed by atoms with Gasteiger partial charge in [0.25, 0.3) is 5.56 Å². The lowest BCUT2D eigenvalue weighted by Gasteiger charge is -2.42. The number of piperidine rings is 1. The molecule has 1 amide bonds. The maximum atomic E-state index is 12.9. The largest absolute Gasteiger partial charge is 0.502 e. The third-order valence-electron chi connectivity index (χ3n) is 8.71. The molecule has 3 N–H and O–H groups in total. The molecule has 2 aliphatic heterocycles. The van der Waals surface area contributed by atoms with E-state index < -0.39 is 23.0 Å². The fourth-order valence-corrected chi connectivity index (χ4v) is 6.65. The summed E-state index contributed by atoms with van der Waals surface area (Å²) in [7, 11) is 0. The van der Waals surface area contributed by atoms with Crippen LogP contribution in [0.3, 0.4) is 0 Å². The van der Waals surface area contributed by atoms with Crippen LogP contribution < -0.4 is 21.5 Å². The average Bonchev–Trinajstić information content (AvgIpc) is 2.98. The quantitative estimate of drug-likeness (QED) is 0.257. The molecular weight excluding hydrogens is 546 g/mol. The standard InChI is InChI=1S/C34H43N3O6/c1-2-3-4-5-6-7-15-42-26-13-11-24(12-14-26)28(18-31(35)39)34-33(41)30(38)17-27(43-34)22-36-19-23-16-25(21-36)29-9-8-10-32(40)37(29)20-23/h8-14,17,23,25,28,41H,2-7,15-16,18-22H2,1H3,(H2,35,39)/t23-,25+,28+/m1/s1. The average molecular weight is 590 g/mol. The lowest BCUT2D eigenvalue weighted by atomic mass is 9.83. The lowest BCUT2D eigenvalue weighted by Crippen LogP contribution is -2.46. The molecule has 0 unspecified atom stereocenters. The number of benzene rings is 1. The van der Waals surface area contributed by atoms with Crippen molar-refractivity contribution in [2.75, 3.05) is 19.7 Å². The van der Waals surface area contributed by atoms with E-state index in [4.69, 9.17) is 14.9 Å². The number of carbonyl (C=O) groups excluding carboxylic acids is 1. The highest BCUT2D eigenvalue weighted by Crippen LogP contribution is 2.37. The van der Waals surface area contributed by atoms with E-state index in [1.807, 2.05) is 41.0 Å². The minimum absolute atomic E-state index is 0.0349. The lowest BCUT2D eigenvalue weighted by molar-refractivity contribution is -0.118. The number of fused-ring (bicyclic) bond motifs is 4. The van der Waals surface area contributed by atoms with Gasteiger partial charge in [0.15, 0.2) is 5.76 Å². The van der Waals surface area contributed by atoms with Crippen LogP contribution in [-0.2, 0) is 17.9 Å². The Labute approximate surface area is 252 Å². The summed E-state index contributed by atoms with van der Waals surface area (Å²) in [6, 6.07) is 14.1. The number of unbranched alkanes of at least 4 members (excludes halogenated alkanes) is 5. The molecule has 1 aromatic carbocycles. The van der Waals surface area contributed by atoms with Gasteiger partial charge in [0.05, 0.1) is 19.1 Å². The number of aromatic hydroxyl groups is 1. The van der Waals surface area contributed by atoms with Gasteiger partial charge in [0.2, 0.25) is 17.1 Å². The van der Waals surface area contributed by atoms with Crippen LogP contribution in [0.1, 0.15) is 92.9 Å². The molecule has 230 valence electrons. The zero-order valence-corrected chi connectivity index (χ0v) is 25.0. The highest BCUT2D eigenvalue weighted by molar-refractivity contribution is 5.75. The van der Waals surface area contributed by atoms with E-state index in [1.165, 1.54) is 31.7 Å². The molecule has 0 radical (unpaired) electrons. The fraction of sp³-hybridized carbons (Fsp3) is 0.500. The van der Waals surface area contributed by atoms with Gasteiger partial charge >= 0.3 is 0 Å². The molecule has 2 aromatic heterocycles. The molecule has 3 atom stereocenters. The maximum Gasteiger partial charge on any atom is 0.250 e. The summed E-state index contributed by atoms with van der Waals surface area (Å²) in [5, 5.41) is 10.8. The predicted molar refractivity (Wildman–Crippen MR) is 164 cm³/mol. The minimum Gasteiger partial charge on any atom is -0.502 e. The number of primary amides is 1. The van der Waals surface area contributed by atoms with Crippen molar-refractivity contribution in [1.29, 1.82) is 0 Å². The van der Waals surface area contributed by atoms with Gasteiger partial charge in [0.1, 0.15) is 11.5 Å². The first kappa shape index (κ1) is 30.6. The Hall–Kier alpha value is -3.85. The number of carbonyl (C=O) groups is 1. The van der Waals surface area contributed by atoms with Crippen LogP contribution in [0.2, 0.25) is 0 Å². The number of amides is 1. The summed E-state index contributed by atoms with van der Waals surface area (Å²) in [4.78, 5) is 39.6. The second-order valence-corrected chi connectivity index (χ2v) is 12.1. The Morgan fingerprint density at radius 1 is 1.05 bits per heavy atom. The first-order valence-corrected chi connectivity index (χ1v) is 15.6. The van der Waals surface area contributed by atoms with Crippen molar-refractivity contribution >= 4 is 5.91 Å². The Balaban J connectivity index is 1.30. The van der Waals surface area contributed by atoms with Crippen molar-refractivity contribution in [3.8, 4) is 11.5 Å². The third kappa shape index (κ3) is 7.57. The number of nitrogens with two attached hydrogens (primary N) is 1. The molecule has 2 aliphatic rings. The summed E-state index contributed by atoms with van der Waals surface area (Å²) in [5.41, 5.74) is 6.81. The summed E-state index contributed by atoms with van der Waals surface area (Å²) < 4.78 is 14.0. The summed E-state index contributed by atoms with van der Waals surface area (Å²) in [6.07, 6.45) is 7.99. The van der Waals surface area contributed by atoms with Crippen molar-refractivity contribution in [2.45, 2.75) is 83.2 Å². The van der Waals surface area contributed by atoms with Gasteiger partial charge in [-0.1, -0.05) is 57.2 Å². The first-order chi connectivity index (χ1) is 20.8. The van der Waals surface area contributed by atoms with Crippen LogP contribution in [0.25, 0.3) is 0 Å². The van der Waals surface area contributed by atoms with Gasteiger partial charge in [0, 0.05) is 49.8 Å². The minimum atomic E-state index is -0.725. The Bertz CT molecular complexity index is 1510. The van der Waals surface area contributed by atoms with Gasteiger partial charge in [-0.05, 0) is 42.5 Å². The number of aromatic nitrogens is 1. The van der Waals surface area contributed by atoms with Crippen LogP contribution in [0.5, 0.6) is 11.5 Å².